The Morgan fingerprint density at radius 3 is 2.50 bits per heavy atom. The van der Waals surface area contributed by atoms with E-state index in [1.807, 2.05) is 32.2 Å². The Hall–Kier alpha value is -1.74. The average molecular weight is 275 g/mol. The lowest BCUT2D eigenvalue weighted by Crippen LogP contribution is -2.20. The lowest BCUT2D eigenvalue weighted by molar-refractivity contribution is 0.491. The van der Waals surface area contributed by atoms with E-state index in [-0.39, 0.29) is 5.92 Å². The average Bonchev–Trinajstić information content (AvgIpc) is 2.44. The molecule has 0 heterocycles. The molecule has 0 fully saturated rings. The number of halogens is 2. The van der Waals surface area contributed by atoms with Crippen LogP contribution in [0.2, 0.25) is 0 Å². The molecule has 0 aliphatic heterocycles. The van der Waals surface area contributed by atoms with Crippen LogP contribution in [0.5, 0.6) is 0 Å². The van der Waals surface area contributed by atoms with E-state index in [1.54, 1.807) is 12.1 Å². The predicted octanol–water partition coefficient (Wildman–Crippen LogP) is 3.82. The maximum Gasteiger partial charge on any atom is 0.162 e. The van der Waals surface area contributed by atoms with Gasteiger partial charge in [0.15, 0.2) is 11.6 Å². The summed E-state index contributed by atoms with van der Waals surface area (Å²) in [5.41, 5.74) is 2.77. The van der Waals surface area contributed by atoms with E-state index in [0.29, 0.717) is 12.0 Å². The van der Waals surface area contributed by atoms with Crippen LogP contribution in [-0.2, 0) is 6.42 Å². The first-order valence-corrected chi connectivity index (χ1v) is 6.76. The molecule has 1 nitrogen and oxygen atoms in total. The largest absolute Gasteiger partial charge is 0.319 e. The molecule has 106 valence electrons. The maximum atomic E-state index is 13.8. The molecule has 0 saturated heterocycles. The maximum absolute atomic E-state index is 13.8. The van der Waals surface area contributed by atoms with Gasteiger partial charge in [-0.05, 0) is 43.1 Å². The quantitative estimate of drug-likeness (QED) is 0.874. The van der Waals surface area contributed by atoms with Gasteiger partial charge in [0.2, 0.25) is 0 Å². The van der Waals surface area contributed by atoms with Crippen LogP contribution in [0.15, 0.2) is 42.5 Å². The molecule has 1 unspecified atom stereocenters. The van der Waals surface area contributed by atoms with Gasteiger partial charge in [0.05, 0.1) is 0 Å². The standard InChI is InChI=1S/C17H19F2N/c1-12-6-3-4-8-15(12)14(11-20-2)10-13-7-5-9-16(18)17(13)19/h3-9,14,20H,10-11H2,1-2H3. The highest BCUT2D eigenvalue weighted by atomic mass is 19.2. The van der Waals surface area contributed by atoms with E-state index in [1.165, 1.54) is 11.1 Å². The Morgan fingerprint density at radius 1 is 1.05 bits per heavy atom. The van der Waals surface area contributed by atoms with Crippen molar-refractivity contribution < 1.29 is 8.78 Å². The van der Waals surface area contributed by atoms with Crippen molar-refractivity contribution in [2.24, 2.45) is 0 Å². The zero-order valence-corrected chi connectivity index (χ0v) is 11.8. The fraction of sp³-hybridized carbons (Fsp3) is 0.294. The first-order valence-electron chi connectivity index (χ1n) is 6.76. The molecule has 3 heteroatoms. The molecule has 0 amide bonds. The second kappa shape index (κ2) is 6.62. The van der Waals surface area contributed by atoms with Gasteiger partial charge in [-0.1, -0.05) is 36.4 Å². The van der Waals surface area contributed by atoms with Crippen molar-refractivity contribution in [2.45, 2.75) is 19.3 Å². The highest BCUT2D eigenvalue weighted by Crippen LogP contribution is 2.25. The molecule has 0 spiro atoms. The van der Waals surface area contributed by atoms with Gasteiger partial charge >= 0.3 is 0 Å². The monoisotopic (exact) mass is 275 g/mol. The summed E-state index contributed by atoms with van der Waals surface area (Å²) < 4.78 is 27.1. The third-order valence-electron chi connectivity index (χ3n) is 3.58. The van der Waals surface area contributed by atoms with Gasteiger partial charge in [0, 0.05) is 12.5 Å². The third-order valence-corrected chi connectivity index (χ3v) is 3.58. The Bertz CT molecular complexity index is 581. The van der Waals surface area contributed by atoms with Crippen LogP contribution in [0.4, 0.5) is 8.78 Å². The lowest BCUT2D eigenvalue weighted by atomic mass is 9.89. The molecular weight excluding hydrogens is 256 g/mol. The molecule has 0 aliphatic carbocycles. The Labute approximate surface area is 118 Å². The van der Waals surface area contributed by atoms with Gasteiger partial charge in [0.25, 0.3) is 0 Å². The number of hydrogen-bond acceptors (Lipinski definition) is 1. The van der Waals surface area contributed by atoms with Crippen LogP contribution in [0.25, 0.3) is 0 Å². The molecule has 0 aromatic heterocycles. The van der Waals surface area contributed by atoms with E-state index >= 15 is 0 Å². The summed E-state index contributed by atoms with van der Waals surface area (Å²) >= 11 is 0. The third kappa shape index (κ3) is 3.23. The number of likely N-dealkylation sites (N-methyl/N-ethyl adjacent to an activating group) is 1. The second-order valence-corrected chi connectivity index (χ2v) is 5.03. The van der Waals surface area contributed by atoms with Crippen molar-refractivity contribution in [3.63, 3.8) is 0 Å². The minimum absolute atomic E-state index is 0.123. The molecule has 1 N–H and O–H groups in total. The van der Waals surface area contributed by atoms with E-state index < -0.39 is 11.6 Å². The molecule has 20 heavy (non-hydrogen) atoms. The fourth-order valence-electron chi connectivity index (χ4n) is 2.55. The second-order valence-electron chi connectivity index (χ2n) is 5.03. The molecule has 0 saturated carbocycles. The Balaban J connectivity index is 2.31. The van der Waals surface area contributed by atoms with Crippen molar-refractivity contribution in [2.75, 3.05) is 13.6 Å². The van der Waals surface area contributed by atoms with Gasteiger partial charge in [-0.25, -0.2) is 8.78 Å². The SMILES string of the molecule is CNCC(Cc1cccc(F)c1F)c1ccccc1C. The summed E-state index contributed by atoms with van der Waals surface area (Å²) in [5.74, 6) is -1.39. The topological polar surface area (TPSA) is 12.0 Å². The molecule has 2 aromatic rings. The minimum Gasteiger partial charge on any atom is -0.319 e. The first-order chi connectivity index (χ1) is 9.63. The Morgan fingerprint density at radius 2 is 1.80 bits per heavy atom. The summed E-state index contributed by atoms with van der Waals surface area (Å²) in [6.07, 6.45) is 0.481. The number of hydrogen-bond donors (Lipinski definition) is 1. The van der Waals surface area contributed by atoms with Crippen LogP contribution in [-0.4, -0.2) is 13.6 Å². The highest BCUT2D eigenvalue weighted by molar-refractivity contribution is 5.32. The molecular formula is C17H19F2N. The summed E-state index contributed by atoms with van der Waals surface area (Å²) in [7, 11) is 1.87. The van der Waals surface area contributed by atoms with Crippen LogP contribution in [0.3, 0.4) is 0 Å². The van der Waals surface area contributed by atoms with E-state index in [0.717, 1.165) is 12.6 Å². The molecule has 2 rings (SSSR count). The van der Waals surface area contributed by atoms with Crippen molar-refractivity contribution >= 4 is 0 Å². The summed E-state index contributed by atoms with van der Waals surface area (Å²) in [6, 6.07) is 12.4. The molecule has 0 bridgehead atoms. The molecule has 0 radical (unpaired) electrons. The van der Waals surface area contributed by atoms with Crippen LogP contribution < -0.4 is 5.32 Å². The van der Waals surface area contributed by atoms with E-state index in [9.17, 15) is 8.78 Å². The number of nitrogens with one attached hydrogen (secondary N) is 1. The number of benzene rings is 2. The van der Waals surface area contributed by atoms with Crippen molar-refractivity contribution in [3.8, 4) is 0 Å². The summed E-state index contributed by atoms with van der Waals surface area (Å²) in [4.78, 5) is 0. The summed E-state index contributed by atoms with van der Waals surface area (Å²) in [5, 5.41) is 3.13. The zero-order valence-electron chi connectivity index (χ0n) is 11.8. The van der Waals surface area contributed by atoms with Gasteiger partial charge in [-0.2, -0.15) is 0 Å². The normalized spacial score (nSPS) is 12.4. The lowest BCUT2D eigenvalue weighted by Gasteiger charge is -2.19. The number of aryl methyl sites for hydroxylation is 1. The molecule has 1 atom stereocenters. The molecule has 0 aliphatic rings. The zero-order chi connectivity index (χ0) is 14.5. The van der Waals surface area contributed by atoms with Crippen LogP contribution >= 0.6 is 0 Å². The van der Waals surface area contributed by atoms with Crippen molar-refractivity contribution in [3.05, 3.63) is 70.8 Å². The van der Waals surface area contributed by atoms with Gasteiger partial charge in [-0.15, -0.1) is 0 Å². The van der Waals surface area contributed by atoms with E-state index in [4.69, 9.17) is 0 Å². The summed E-state index contributed by atoms with van der Waals surface area (Å²) in [6.45, 7) is 2.76. The highest BCUT2D eigenvalue weighted by Gasteiger charge is 2.17. The van der Waals surface area contributed by atoms with Gasteiger partial charge in [0.1, 0.15) is 0 Å². The van der Waals surface area contributed by atoms with Crippen molar-refractivity contribution in [1.82, 2.24) is 5.32 Å². The van der Waals surface area contributed by atoms with Crippen LogP contribution in [0.1, 0.15) is 22.6 Å². The van der Waals surface area contributed by atoms with Crippen LogP contribution in [0, 0.1) is 18.6 Å². The van der Waals surface area contributed by atoms with E-state index in [2.05, 4.69) is 11.4 Å². The number of rotatable bonds is 5. The molecule has 2 aromatic carbocycles. The predicted molar refractivity (Wildman–Crippen MR) is 77.9 cm³/mol. The van der Waals surface area contributed by atoms with Gasteiger partial charge in [-0.3, -0.25) is 0 Å². The smallest absolute Gasteiger partial charge is 0.162 e. The first kappa shape index (κ1) is 14.7. The van der Waals surface area contributed by atoms with Crippen molar-refractivity contribution in [1.29, 1.82) is 0 Å². The van der Waals surface area contributed by atoms with Gasteiger partial charge < -0.3 is 5.32 Å². The fourth-order valence-corrected chi connectivity index (χ4v) is 2.55. The minimum atomic E-state index is -0.782. The Kier molecular flexibility index (Phi) is 4.85.